The molecule has 9 heteroatoms. The van der Waals surface area contributed by atoms with Crippen molar-refractivity contribution in [3.05, 3.63) is 71.5 Å². The van der Waals surface area contributed by atoms with Gasteiger partial charge in [0.05, 0.1) is 11.1 Å². The molecule has 226 valence electrons. The van der Waals surface area contributed by atoms with E-state index < -0.39 is 24.2 Å². The highest BCUT2D eigenvalue weighted by molar-refractivity contribution is 5.97. The molecular weight excluding hydrogens is 545 g/mol. The SMILES string of the molecule is CCCCCCCCCc1cnc(-c2ccc(C(=O)O)c(-c3ccc(C(=O)O[C@@H](CCCC)C(F)(F)F)cc3)c2)nc1. The van der Waals surface area contributed by atoms with Gasteiger partial charge in [-0.2, -0.15) is 13.2 Å². The van der Waals surface area contributed by atoms with Crippen LogP contribution in [0.3, 0.4) is 0 Å². The third kappa shape index (κ3) is 9.67. The second-order valence-electron chi connectivity index (χ2n) is 10.5. The fraction of sp³-hybridized carbons (Fsp3) is 0.455. The molecule has 0 saturated heterocycles. The summed E-state index contributed by atoms with van der Waals surface area (Å²) in [5.74, 6) is -1.78. The zero-order valence-corrected chi connectivity index (χ0v) is 24.3. The summed E-state index contributed by atoms with van der Waals surface area (Å²) in [6, 6.07) is 10.4. The van der Waals surface area contributed by atoms with Crippen molar-refractivity contribution in [2.45, 2.75) is 96.8 Å². The molecule has 0 aliphatic heterocycles. The number of carbonyl (C=O) groups is 2. The van der Waals surface area contributed by atoms with E-state index in [-0.39, 0.29) is 24.0 Å². The van der Waals surface area contributed by atoms with Crippen LogP contribution >= 0.6 is 0 Å². The number of halogens is 3. The number of carboxylic acid groups (broad SMARTS) is 1. The molecule has 0 unspecified atom stereocenters. The number of aryl methyl sites for hydroxylation is 1. The van der Waals surface area contributed by atoms with Crippen LogP contribution in [0.1, 0.15) is 104 Å². The first kappa shape index (κ1) is 32.8. The molecule has 0 aliphatic carbocycles. The van der Waals surface area contributed by atoms with Crippen molar-refractivity contribution in [2.75, 3.05) is 0 Å². The molecule has 0 radical (unpaired) electrons. The average molecular weight is 585 g/mol. The van der Waals surface area contributed by atoms with Crippen molar-refractivity contribution in [2.24, 2.45) is 0 Å². The number of aromatic nitrogens is 2. The largest absolute Gasteiger partial charge is 0.478 e. The zero-order chi connectivity index (χ0) is 30.5. The number of nitrogens with zero attached hydrogens (tertiary/aromatic N) is 2. The number of esters is 1. The van der Waals surface area contributed by atoms with Gasteiger partial charge in [-0.15, -0.1) is 0 Å². The molecule has 3 aromatic rings. The first-order valence-corrected chi connectivity index (χ1v) is 14.7. The van der Waals surface area contributed by atoms with Crippen LogP contribution in [0.25, 0.3) is 22.5 Å². The number of benzene rings is 2. The lowest BCUT2D eigenvalue weighted by Crippen LogP contribution is -2.33. The van der Waals surface area contributed by atoms with Gasteiger partial charge in [0, 0.05) is 18.0 Å². The van der Waals surface area contributed by atoms with Crippen LogP contribution in [0.4, 0.5) is 13.2 Å². The van der Waals surface area contributed by atoms with Gasteiger partial charge in [-0.05, 0) is 66.6 Å². The normalized spacial score (nSPS) is 12.2. The van der Waals surface area contributed by atoms with Gasteiger partial charge in [0.1, 0.15) is 0 Å². The number of carboxylic acids is 1. The van der Waals surface area contributed by atoms with E-state index in [1.807, 2.05) is 0 Å². The first-order valence-electron chi connectivity index (χ1n) is 14.7. The topological polar surface area (TPSA) is 89.4 Å². The van der Waals surface area contributed by atoms with Gasteiger partial charge in [0.2, 0.25) is 0 Å². The minimum atomic E-state index is -4.66. The molecule has 1 N–H and O–H groups in total. The maximum Gasteiger partial charge on any atom is 0.425 e. The molecule has 42 heavy (non-hydrogen) atoms. The number of carbonyl (C=O) groups excluding carboxylic acids is 1. The van der Waals surface area contributed by atoms with Crippen LogP contribution in [0.15, 0.2) is 54.9 Å². The van der Waals surface area contributed by atoms with Crippen molar-refractivity contribution >= 4 is 11.9 Å². The van der Waals surface area contributed by atoms with E-state index in [1.54, 1.807) is 31.5 Å². The molecule has 0 aliphatic rings. The number of hydrogen-bond donors (Lipinski definition) is 1. The van der Waals surface area contributed by atoms with Gasteiger partial charge in [0.25, 0.3) is 0 Å². The molecule has 1 aromatic heterocycles. The molecule has 1 atom stereocenters. The Labute approximate surface area is 245 Å². The van der Waals surface area contributed by atoms with Gasteiger partial charge in [-0.3, -0.25) is 0 Å². The summed E-state index contributed by atoms with van der Waals surface area (Å²) >= 11 is 0. The highest BCUT2D eigenvalue weighted by Crippen LogP contribution is 2.31. The van der Waals surface area contributed by atoms with Crippen molar-refractivity contribution in [3.8, 4) is 22.5 Å². The molecule has 0 saturated carbocycles. The summed E-state index contributed by atoms with van der Waals surface area (Å²) < 4.78 is 44.7. The van der Waals surface area contributed by atoms with Crippen molar-refractivity contribution < 1.29 is 32.6 Å². The third-order valence-corrected chi connectivity index (χ3v) is 7.15. The number of ether oxygens (including phenoxy) is 1. The molecule has 0 amide bonds. The quantitative estimate of drug-likeness (QED) is 0.133. The number of alkyl halides is 3. The molecule has 3 rings (SSSR count). The Morgan fingerprint density at radius 3 is 2.02 bits per heavy atom. The van der Waals surface area contributed by atoms with Crippen molar-refractivity contribution in [1.29, 1.82) is 0 Å². The number of unbranched alkanes of at least 4 members (excludes halogenated alkanes) is 7. The van der Waals surface area contributed by atoms with E-state index in [1.165, 1.54) is 68.9 Å². The summed E-state index contributed by atoms with van der Waals surface area (Å²) in [6.45, 7) is 3.96. The Bertz CT molecular complexity index is 1290. The predicted molar refractivity (Wildman–Crippen MR) is 156 cm³/mol. The zero-order valence-electron chi connectivity index (χ0n) is 24.3. The molecule has 1 heterocycles. The van der Waals surface area contributed by atoms with Crippen molar-refractivity contribution in [3.63, 3.8) is 0 Å². The Morgan fingerprint density at radius 2 is 1.43 bits per heavy atom. The summed E-state index contributed by atoms with van der Waals surface area (Å²) in [4.78, 5) is 33.4. The minimum absolute atomic E-state index is 0.0290. The van der Waals surface area contributed by atoms with Crippen LogP contribution in [0.5, 0.6) is 0 Å². The van der Waals surface area contributed by atoms with Crippen LogP contribution in [0.2, 0.25) is 0 Å². The van der Waals surface area contributed by atoms with E-state index in [0.29, 0.717) is 28.9 Å². The molecule has 0 fully saturated rings. The van der Waals surface area contributed by atoms with Gasteiger partial charge < -0.3 is 9.84 Å². The van der Waals surface area contributed by atoms with Crippen LogP contribution in [-0.4, -0.2) is 39.3 Å². The maximum absolute atomic E-state index is 13.3. The second-order valence-corrected chi connectivity index (χ2v) is 10.5. The number of aromatic carboxylic acids is 1. The van der Waals surface area contributed by atoms with Gasteiger partial charge >= 0.3 is 18.1 Å². The predicted octanol–water partition coefficient (Wildman–Crippen LogP) is 9.08. The van der Waals surface area contributed by atoms with E-state index in [0.717, 1.165) is 18.4 Å². The Balaban J connectivity index is 1.73. The molecular formula is C33H39F3N2O4. The summed E-state index contributed by atoms with van der Waals surface area (Å²) in [7, 11) is 0. The van der Waals surface area contributed by atoms with Crippen molar-refractivity contribution in [1.82, 2.24) is 9.97 Å². The number of hydrogen-bond acceptors (Lipinski definition) is 5. The summed E-state index contributed by atoms with van der Waals surface area (Å²) in [5.41, 5.74) is 2.47. The smallest absolute Gasteiger partial charge is 0.425 e. The molecule has 0 spiro atoms. The molecule has 0 bridgehead atoms. The van der Waals surface area contributed by atoms with Crippen LogP contribution in [-0.2, 0) is 11.2 Å². The second kappa shape index (κ2) is 16.0. The summed E-state index contributed by atoms with van der Waals surface area (Å²) in [6.07, 6.45) is 6.70. The average Bonchev–Trinajstić information content (AvgIpc) is 2.98. The Kier molecular flexibility index (Phi) is 12.5. The lowest BCUT2D eigenvalue weighted by Gasteiger charge is -2.20. The fourth-order valence-electron chi connectivity index (χ4n) is 4.69. The Morgan fingerprint density at radius 1 is 0.833 bits per heavy atom. The van der Waals surface area contributed by atoms with Crippen LogP contribution < -0.4 is 0 Å². The first-order chi connectivity index (χ1) is 20.1. The third-order valence-electron chi connectivity index (χ3n) is 7.15. The monoisotopic (exact) mass is 584 g/mol. The lowest BCUT2D eigenvalue weighted by molar-refractivity contribution is -0.206. The van der Waals surface area contributed by atoms with E-state index in [2.05, 4.69) is 16.9 Å². The standard InChI is InChI=1S/C33H39F3N2O4/c1-3-5-7-8-9-10-11-12-23-21-37-30(38-22-23)26-18-19-27(31(39)40)28(20-26)24-14-16-25(17-15-24)32(41)42-29(13-6-4-2)33(34,35)36/h14-22,29H,3-13H2,1-2H3,(H,39,40)/t29-/m0/s1. The van der Waals surface area contributed by atoms with Crippen LogP contribution in [0, 0.1) is 0 Å². The van der Waals surface area contributed by atoms with E-state index >= 15 is 0 Å². The van der Waals surface area contributed by atoms with E-state index in [4.69, 9.17) is 4.74 Å². The maximum atomic E-state index is 13.3. The highest BCUT2D eigenvalue weighted by Gasteiger charge is 2.42. The Hall–Kier alpha value is -3.75. The van der Waals surface area contributed by atoms with E-state index in [9.17, 15) is 27.9 Å². The van der Waals surface area contributed by atoms with Gasteiger partial charge in [-0.25, -0.2) is 19.6 Å². The van der Waals surface area contributed by atoms with Gasteiger partial charge in [0.15, 0.2) is 11.9 Å². The molecule has 2 aromatic carbocycles. The lowest BCUT2D eigenvalue weighted by atomic mass is 9.96. The number of rotatable bonds is 16. The fourth-order valence-corrected chi connectivity index (χ4v) is 4.69. The minimum Gasteiger partial charge on any atom is -0.478 e. The molecule has 6 nitrogen and oxygen atoms in total. The van der Waals surface area contributed by atoms with Gasteiger partial charge in [-0.1, -0.05) is 77.0 Å². The highest BCUT2D eigenvalue weighted by atomic mass is 19.4. The summed E-state index contributed by atoms with van der Waals surface area (Å²) in [5, 5.41) is 9.77.